The number of nitrogens with two attached hydrogens (primary N) is 1. The number of hydrogen-bond donors (Lipinski definition) is 1. The summed E-state index contributed by atoms with van der Waals surface area (Å²) in [5.41, 5.74) is 8.53. The van der Waals surface area contributed by atoms with Gasteiger partial charge in [-0.05, 0) is 44.3 Å². The third-order valence-electron chi connectivity index (χ3n) is 3.38. The van der Waals surface area contributed by atoms with E-state index in [9.17, 15) is 0 Å². The van der Waals surface area contributed by atoms with Crippen LogP contribution in [0.4, 0.5) is 0 Å². The molecule has 0 spiro atoms. The largest absolute Gasteiger partial charge is 0.329 e. The van der Waals surface area contributed by atoms with Gasteiger partial charge in [-0.25, -0.2) is 0 Å². The predicted octanol–water partition coefficient (Wildman–Crippen LogP) is 3.44. The standard InChI is InChI=1S/C14H23BrN2S/c1-10-7-12(5-6-13(10)15)14(8-16)17(3)11(2)9-18-4/h5-7,11,14H,8-9,16H2,1-4H3. The molecule has 0 radical (unpaired) electrons. The van der Waals surface area contributed by atoms with Crippen molar-refractivity contribution in [2.75, 3.05) is 25.6 Å². The molecule has 1 rings (SSSR count). The lowest BCUT2D eigenvalue weighted by molar-refractivity contribution is 0.204. The van der Waals surface area contributed by atoms with Gasteiger partial charge in [0.15, 0.2) is 0 Å². The molecule has 2 N–H and O–H groups in total. The van der Waals surface area contributed by atoms with Crippen molar-refractivity contribution in [1.82, 2.24) is 4.90 Å². The lowest BCUT2D eigenvalue weighted by Crippen LogP contribution is -2.38. The molecule has 0 aliphatic heterocycles. The molecule has 0 aliphatic carbocycles. The highest BCUT2D eigenvalue weighted by Gasteiger charge is 2.20. The van der Waals surface area contributed by atoms with E-state index in [4.69, 9.17) is 5.73 Å². The Morgan fingerprint density at radius 1 is 1.44 bits per heavy atom. The second-order valence-electron chi connectivity index (χ2n) is 4.73. The highest BCUT2D eigenvalue weighted by Crippen LogP contribution is 2.25. The van der Waals surface area contributed by atoms with Gasteiger partial charge in [-0.15, -0.1) is 0 Å². The summed E-state index contributed by atoms with van der Waals surface area (Å²) in [5.74, 6) is 1.13. The zero-order chi connectivity index (χ0) is 13.7. The monoisotopic (exact) mass is 330 g/mol. The summed E-state index contributed by atoms with van der Waals surface area (Å²) in [7, 11) is 2.16. The zero-order valence-corrected chi connectivity index (χ0v) is 14.0. The van der Waals surface area contributed by atoms with E-state index in [2.05, 4.69) is 66.2 Å². The van der Waals surface area contributed by atoms with Gasteiger partial charge >= 0.3 is 0 Å². The number of halogens is 1. The lowest BCUT2D eigenvalue weighted by atomic mass is 10.0. The number of benzene rings is 1. The fourth-order valence-electron chi connectivity index (χ4n) is 2.08. The van der Waals surface area contributed by atoms with Crippen LogP contribution >= 0.6 is 27.7 Å². The third-order valence-corrected chi connectivity index (χ3v) is 5.09. The number of aryl methyl sites for hydroxylation is 1. The number of likely N-dealkylation sites (N-methyl/N-ethyl adjacent to an activating group) is 1. The lowest BCUT2D eigenvalue weighted by Gasteiger charge is -2.32. The fraction of sp³-hybridized carbons (Fsp3) is 0.571. The molecular formula is C14H23BrN2S. The average Bonchev–Trinajstić information content (AvgIpc) is 2.34. The Morgan fingerprint density at radius 2 is 2.11 bits per heavy atom. The molecule has 2 unspecified atom stereocenters. The number of nitrogens with zero attached hydrogens (tertiary/aromatic N) is 1. The van der Waals surface area contributed by atoms with Crippen molar-refractivity contribution in [1.29, 1.82) is 0 Å². The van der Waals surface area contributed by atoms with Crippen LogP contribution in [-0.4, -0.2) is 36.5 Å². The Labute approximate surface area is 123 Å². The highest BCUT2D eigenvalue weighted by molar-refractivity contribution is 9.10. The fourth-order valence-corrected chi connectivity index (χ4v) is 3.04. The third kappa shape index (κ3) is 3.98. The molecule has 0 saturated heterocycles. The molecule has 4 heteroatoms. The van der Waals surface area contributed by atoms with Gasteiger partial charge in [0.05, 0.1) is 0 Å². The number of rotatable bonds is 6. The molecule has 1 aromatic carbocycles. The van der Waals surface area contributed by atoms with Crippen LogP contribution in [-0.2, 0) is 0 Å². The van der Waals surface area contributed by atoms with Gasteiger partial charge in [0, 0.05) is 28.9 Å². The SMILES string of the molecule is CSCC(C)N(C)C(CN)c1ccc(Br)c(C)c1. The van der Waals surface area contributed by atoms with Crippen LogP contribution in [0.2, 0.25) is 0 Å². The van der Waals surface area contributed by atoms with E-state index in [0.29, 0.717) is 18.6 Å². The van der Waals surface area contributed by atoms with Crippen molar-refractivity contribution in [3.05, 3.63) is 33.8 Å². The summed E-state index contributed by atoms with van der Waals surface area (Å²) in [4.78, 5) is 2.37. The van der Waals surface area contributed by atoms with Crippen molar-refractivity contribution in [3.8, 4) is 0 Å². The van der Waals surface area contributed by atoms with Gasteiger partial charge in [-0.2, -0.15) is 11.8 Å². The minimum Gasteiger partial charge on any atom is -0.329 e. The first-order valence-corrected chi connectivity index (χ1v) is 8.37. The summed E-state index contributed by atoms with van der Waals surface area (Å²) >= 11 is 5.42. The molecular weight excluding hydrogens is 308 g/mol. The van der Waals surface area contributed by atoms with Gasteiger partial charge in [-0.3, -0.25) is 4.90 Å². The van der Waals surface area contributed by atoms with Crippen molar-refractivity contribution in [2.24, 2.45) is 5.73 Å². The molecule has 0 heterocycles. The first-order chi connectivity index (χ1) is 8.51. The van der Waals surface area contributed by atoms with Gasteiger partial charge in [0.1, 0.15) is 0 Å². The summed E-state index contributed by atoms with van der Waals surface area (Å²) in [5, 5.41) is 0. The first-order valence-electron chi connectivity index (χ1n) is 6.18. The van der Waals surface area contributed by atoms with E-state index < -0.39 is 0 Å². The normalized spacial score (nSPS) is 14.8. The van der Waals surface area contributed by atoms with E-state index >= 15 is 0 Å². The Hall–Kier alpha value is -0.0300. The van der Waals surface area contributed by atoms with Crippen molar-refractivity contribution >= 4 is 27.7 Å². The maximum atomic E-state index is 5.97. The Balaban J connectivity index is 2.91. The molecule has 0 amide bonds. The molecule has 0 aromatic heterocycles. The smallest absolute Gasteiger partial charge is 0.0470 e. The minimum atomic E-state index is 0.291. The van der Waals surface area contributed by atoms with Gasteiger partial charge in [0.2, 0.25) is 0 Å². The molecule has 1 aromatic rings. The van der Waals surface area contributed by atoms with Gasteiger partial charge in [-0.1, -0.05) is 28.1 Å². The molecule has 0 bridgehead atoms. The van der Waals surface area contributed by atoms with Gasteiger partial charge in [0.25, 0.3) is 0 Å². The molecule has 0 saturated carbocycles. The molecule has 102 valence electrons. The number of hydrogen-bond acceptors (Lipinski definition) is 3. The second-order valence-corrected chi connectivity index (χ2v) is 6.49. The molecule has 0 aliphatic rings. The minimum absolute atomic E-state index is 0.291. The predicted molar refractivity (Wildman–Crippen MR) is 86.3 cm³/mol. The van der Waals surface area contributed by atoms with Crippen LogP contribution in [0.5, 0.6) is 0 Å². The molecule has 2 nitrogen and oxygen atoms in total. The number of thioether (sulfide) groups is 1. The van der Waals surface area contributed by atoms with Crippen LogP contribution in [0, 0.1) is 6.92 Å². The Bertz CT molecular complexity index is 384. The first kappa shape index (κ1) is 16.0. The Morgan fingerprint density at radius 3 is 2.61 bits per heavy atom. The van der Waals surface area contributed by atoms with Crippen LogP contribution < -0.4 is 5.73 Å². The summed E-state index contributed by atoms with van der Waals surface area (Å²) < 4.78 is 1.15. The van der Waals surface area contributed by atoms with Crippen molar-refractivity contribution in [2.45, 2.75) is 25.9 Å². The summed E-state index contributed by atoms with van der Waals surface area (Å²) in [6.07, 6.45) is 2.14. The van der Waals surface area contributed by atoms with Crippen LogP contribution in [0.3, 0.4) is 0 Å². The maximum absolute atomic E-state index is 5.97. The highest BCUT2D eigenvalue weighted by atomic mass is 79.9. The van der Waals surface area contributed by atoms with E-state index in [0.717, 1.165) is 10.2 Å². The summed E-state index contributed by atoms with van der Waals surface area (Å²) in [6, 6.07) is 7.32. The maximum Gasteiger partial charge on any atom is 0.0470 e. The van der Waals surface area contributed by atoms with Crippen LogP contribution in [0.25, 0.3) is 0 Å². The summed E-state index contributed by atoms with van der Waals surface area (Å²) in [6.45, 7) is 5.02. The molecule has 18 heavy (non-hydrogen) atoms. The van der Waals surface area contributed by atoms with E-state index in [1.54, 1.807) is 0 Å². The Kier molecular flexibility index (Phi) is 6.71. The van der Waals surface area contributed by atoms with Crippen LogP contribution in [0.15, 0.2) is 22.7 Å². The zero-order valence-electron chi connectivity index (χ0n) is 11.6. The quantitative estimate of drug-likeness (QED) is 0.866. The van der Waals surface area contributed by atoms with Crippen LogP contribution in [0.1, 0.15) is 24.1 Å². The second kappa shape index (κ2) is 7.53. The van der Waals surface area contributed by atoms with E-state index in [1.165, 1.54) is 11.1 Å². The molecule has 2 atom stereocenters. The van der Waals surface area contributed by atoms with Crippen molar-refractivity contribution < 1.29 is 0 Å². The van der Waals surface area contributed by atoms with Crippen molar-refractivity contribution in [3.63, 3.8) is 0 Å². The van der Waals surface area contributed by atoms with Gasteiger partial charge < -0.3 is 5.73 Å². The van der Waals surface area contributed by atoms with E-state index in [1.807, 2.05) is 11.8 Å². The molecule has 0 fully saturated rings. The average molecular weight is 331 g/mol. The topological polar surface area (TPSA) is 29.3 Å². The van der Waals surface area contributed by atoms with E-state index in [-0.39, 0.29) is 0 Å².